The van der Waals surface area contributed by atoms with Crippen LogP contribution in [0.3, 0.4) is 0 Å². The standard InChI is InChI=1S/C8H10BrN.C8H11NO.C6H5NO/c1-2-7(9)8-5-3-4-6-10-8;1-2-8(10)7-5-3-4-6-9-7;8-5-6-3-1-2-4-7-6/h3-7H,2H2,1H3;3-6,8,10H,2H2,1H3;1-5H. The van der Waals surface area contributed by atoms with Crippen molar-refractivity contribution in [2.75, 3.05) is 0 Å². The Bertz CT molecular complexity index is 713. The van der Waals surface area contributed by atoms with Gasteiger partial charge in [-0.1, -0.05) is 48.0 Å². The van der Waals surface area contributed by atoms with Crippen molar-refractivity contribution in [3.63, 3.8) is 0 Å². The lowest BCUT2D eigenvalue weighted by molar-refractivity contribution is 0.111. The number of aldehydes is 1. The van der Waals surface area contributed by atoms with Crippen LogP contribution < -0.4 is 0 Å². The van der Waals surface area contributed by atoms with Crippen LogP contribution in [0.4, 0.5) is 0 Å². The highest BCUT2D eigenvalue weighted by molar-refractivity contribution is 9.09. The number of hydrogen-bond acceptors (Lipinski definition) is 5. The van der Waals surface area contributed by atoms with Crippen LogP contribution in [0.5, 0.6) is 0 Å². The molecule has 6 heteroatoms. The Hall–Kier alpha value is -2.44. The molecule has 0 radical (unpaired) electrons. The molecular weight excluding hydrogens is 418 g/mol. The van der Waals surface area contributed by atoms with E-state index < -0.39 is 6.10 Å². The third-order valence-electron chi connectivity index (χ3n) is 3.59. The van der Waals surface area contributed by atoms with Crippen LogP contribution in [0.1, 0.15) is 59.5 Å². The van der Waals surface area contributed by atoms with Crippen LogP contribution in [0.15, 0.2) is 73.2 Å². The fourth-order valence-corrected chi connectivity index (χ4v) is 2.27. The van der Waals surface area contributed by atoms with E-state index in [9.17, 15) is 9.90 Å². The van der Waals surface area contributed by atoms with Gasteiger partial charge in [-0.2, -0.15) is 0 Å². The second-order valence-corrected chi connectivity index (χ2v) is 6.79. The lowest BCUT2D eigenvalue weighted by Crippen LogP contribution is -1.96. The van der Waals surface area contributed by atoms with Crippen molar-refractivity contribution >= 4 is 22.2 Å². The quantitative estimate of drug-likeness (QED) is 0.424. The Labute approximate surface area is 175 Å². The molecule has 0 saturated carbocycles. The summed E-state index contributed by atoms with van der Waals surface area (Å²) in [7, 11) is 0. The number of nitrogens with zero attached hydrogens (tertiary/aromatic N) is 3. The van der Waals surface area contributed by atoms with Gasteiger partial charge in [-0.3, -0.25) is 19.7 Å². The molecule has 1 N–H and O–H groups in total. The Balaban J connectivity index is 0.000000212. The minimum absolute atomic E-state index is 0.402. The molecule has 0 aliphatic heterocycles. The van der Waals surface area contributed by atoms with Crippen LogP contribution in [-0.2, 0) is 0 Å². The number of aliphatic hydroxyl groups excluding tert-OH is 1. The van der Waals surface area contributed by atoms with Gasteiger partial charge in [-0.05, 0) is 49.2 Å². The summed E-state index contributed by atoms with van der Waals surface area (Å²) >= 11 is 3.52. The van der Waals surface area contributed by atoms with Crippen molar-refractivity contribution < 1.29 is 9.90 Å². The molecule has 0 spiro atoms. The normalized spacial score (nSPS) is 11.7. The van der Waals surface area contributed by atoms with E-state index in [1.807, 2.05) is 49.5 Å². The molecule has 5 nitrogen and oxygen atoms in total. The maximum absolute atomic E-state index is 9.94. The maximum atomic E-state index is 9.94. The van der Waals surface area contributed by atoms with E-state index in [0.29, 0.717) is 10.5 Å². The molecule has 0 amide bonds. The average Bonchev–Trinajstić information content (AvgIpc) is 2.80. The summed E-state index contributed by atoms with van der Waals surface area (Å²) in [4.78, 5) is 22.3. The van der Waals surface area contributed by atoms with E-state index in [1.165, 1.54) is 0 Å². The molecule has 3 aromatic heterocycles. The van der Waals surface area contributed by atoms with Crippen LogP contribution in [0.2, 0.25) is 0 Å². The van der Waals surface area contributed by atoms with E-state index in [4.69, 9.17) is 0 Å². The van der Waals surface area contributed by atoms with Gasteiger partial charge in [0.2, 0.25) is 0 Å². The number of halogens is 1. The number of aromatic nitrogens is 3. The molecule has 0 bridgehead atoms. The third kappa shape index (κ3) is 9.48. The van der Waals surface area contributed by atoms with Gasteiger partial charge in [0.1, 0.15) is 5.69 Å². The van der Waals surface area contributed by atoms with Gasteiger partial charge in [0.15, 0.2) is 6.29 Å². The zero-order valence-corrected chi connectivity index (χ0v) is 17.7. The van der Waals surface area contributed by atoms with Crippen molar-refractivity contribution in [2.24, 2.45) is 0 Å². The first-order valence-corrected chi connectivity index (χ1v) is 10.0. The molecule has 148 valence electrons. The predicted molar refractivity (Wildman–Crippen MR) is 115 cm³/mol. The van der Waals surface area contributed by atoms with Gasteiger partial charge >= 0.3 is 0 Å². The first-order chi connectivity index (χ1) is 13.6. The number of alkyl halides is 1. The summed E-state index contributed by atoms with van der Waals surface area (Å²) in [5.41, 5.74) is 2.35. The van der Waals surface area contributed by atoms with Gasteiger partial charge in [-0.15, -0.1) is 0 Å². The number of rotatable bonds is 5. The van der Waals surface area contributed by atoms with Gasteiger partial charge in [0, 0.05) is 18.6 Å². The zero-order valence-electron chi connectivity index (χ0n) is 16.1. The fourth-order valence-electron chi connectivity index (χ4n) is 2.00. The zero-order chi connectivity index (χ0) is 20.6. The molecule has 2 atom stereocenters. The van der Waals surface area contributed by atoms with E-state index in [0.717, 1.165) is 30.5 Å². The summed E-state index contributed by atoms with van der Waals surface area (Å²) in [6.07, 6.45) is 7.21. The number of pyridine rings is 3. The molecule has 3 heterocycles. The van der Waals surface area contributed by atoms with Crippen LogP contribution in [-0.4, -0.2) is 26.3 Å². The summed E-state index contributed by atoms with van der Waals surface area (Å²) in [5.74, 6) is 0. The molecule has 0 aliphatic carbocycles. The number of carbonyl (C=O) groups is 1. The first-order valence-electron chi connectivity index (χ1n) is 9.12. The second kappa shape index (κ2) is 14.6. The second-order valence-electron chi connectivity index (χ2n) is 5.68. The van der Waals surface area contributed by atoms with Gasteiger partial charge in [0.25, 0.3) is 0 Å². The molecule has 28 heavy (non-hydrogen) atoms. The van der Waals surface area contributed by atoms with Gasteiger partial charge in [-0.25, -0.2) is 0 Å². The molecule has 0 fully saturated rings. The molecule has 0 saturated heterocycles. The topological polar surface area (TPSA) is 76.0 Å². The summed E-state index contributed by atoms with van der Waals surface area (Å²) < 4.78 is 0. The smallest absolute Gasteiger partial charge is 0.168 e. The summed E-state index contributed by atoms with van der Waals surface area (Å²) in [6, 6.07) is 16.7. The molecule has 3 aromatic rings. The number of hydrogen-bond donors (Lipinski definition) is 1. The monoisotopic (exact) mass is 443 g/mol. The molecule has 0 aromatic carbocycles. The van der Waals surface area contributed by atoms with Gasteiger partial charge < -0.3 is 5.11 Å². The minimum atomic E-state index is -0.402. The first kappa shape index (κ1) is 23.6. The lowest BCUT2D eigenvalue weighted by atomic mass is 10.2. The Morgan fingerprint density at radius 3 is 1.75 bits per heavy atom. The van der Waals surface area contributed by atoms with Crippen molar-refractivity contribution in [3.05, 3.63) is 90.3 Å². The SMILES string of the molecule is CCC(Br)c1ccccn1.CCC(O)c1ccccn1.O=Cc1ccccn1. The molecule has 3 rings (SSSR count). The van der Waals surface area contributed by atoms with Crippen molar-refractivity contribution in [1.29, 1.82) is 0 Å². The van der Waals surface area contributed by atoms with Crippen molar-refractivity contribution in [3.8, 4) is 0 Å². The highest BCUT2D eigenvalue weighted by Gasteiger charge is 2.03. The number of aliphatic hydroxyl groups is 1. The van der Waals surface area contributed by atoms with E-state index in [2.05, 4.69) is 37.8 Å². The van der Waals surface area contributed by atoms with E-state index >= 15 is 0 Å². The van der Waals surface area contributed by atoms with Crippen LogP contribution in [0.25, 0.3) is 0 Å². The Morgan fingerprint density at radius 1 is 0.857 bits per heavy atom. The van der Waals surface area contributed by atoms with Gasteiger partial charge in [0.05, 0.1) is 22.3 Å². The lowest BCUT2D eigenvalue weighted by Gasteiger charge is -2.04. The summed E-state index contributed by atoms with van der Waals surface area (Å²) in [5, 5.41) is 9.27. The Kier molecular flexibility index (Phi) is 12.3. The predicted octanol–water partition coefficient (Wildman–Crippen LogP) is 5.35. The van der Waals surface area contributed by atoms with E-state index in [1.54, 1.807) is 30.6 Å². The van der Waals surface area contributed by atoms with Crippen molar-refractivity contribution in [1.82, 2.24) is 15.0 Å². The van der Waals surface area contributed by atoms with Crippen LogP contribution >= 0.6 is 15.9 Å². The third-order valence-corrected chi connectivity index (χ3v) is 4.71. The molecule has 0 aliphatic rings. The van der Waals surface area contributed by atoms with Crippen molar-refractivity contribution in [2.45, 2.75) is 37.6 Å². The fraction of sp³-hybridized carbons (Fsp3) is 0.273. The Morgan fingerprint density at radius 2 is 1.39 bits per heavy atom. The largest absolute Gasteiger partial charge is 0.387 e. The van der Waals surface area contributed by atoms with E-state index in [-0.39, 0.29) is 0 Å². The number of carbonyl (C=O) groups excluding carboxylic acids is 1. The van der Waals surface area contributed by atoms with Crippen LogP contribution in [0, 0.1) is 0 Å². The highest BCUT2D eigenvalue weighted by Crippen LogP contribution is 2.22. The maximum Gasteiger partial charge on any atom is 0.168 e. The average molecular weight is 444 g/mol. The highest BCUT2D eigenvalue weighted by atomic mass is 79.9. The molecular formula is C22H26BrN3O2. The molecule has 2 unspecified atom stereocenters. The minimum Gasteiger partial charge on any atom is -0.387 e. The summed E-state index contributed by atoms with van der Waals surface area (Å²) in [6.45, 7) is 4.06.